The summed E-state index contributed by atoms with van der Waals surface area (Å²) < 4.78 is 11.7. The lowest BCUT2D eigenvalue weighted by atomic mass is 9.84. The van der Waals surface area contributed by atoms with Crippen LogP contribution in [0.2, 0.25) is 5.02 Å². The molecule has 0 radical (unpaired) electrons. The molecule has 4 heteroatoms. The lowest BCUT2D eigenvalue weighted by Gasteiger charge is -2.33. The van der Waals surface area contributed by atoms with Crippen molar-refractivity contribution in [2.24, 2.45) is 11.1 Å². The summed E-state index contributed by atoms with van der Waals surface area (Å²) >= 11 is 6.14. The number of benzene rings is 1. The van der Waals surface area contributed by atoms with Crippen molar-refractivity contribution in [2.75, 3.05) is 6.61 Å². The molecule has 2 rings (SSSR count). The minimum absolute atomic E-state index is 0.0712. The molecule has 0 saturated heterocycles. The Morgan fingerprint density at radius 2 is 2.05 bits per heavy atom. The third-order valence-corrected chi connectivity index (χ3v) is 3.67. The Balaban J connectivity index is 2.38. The van der Waals surface area contributed by atoms with Crippen LogP contribution in [0.1, 0.15) is 39.5 Å². The highest BCUT2D eigenvalue weighted by Crippen LogP contribution is 2.35. The molecule has 20 heavy (non-hydrogen) atoms. The van der Waals surface area contributed by atoms with E-state index in [0.29, 0.717) is 23.0 Å². The van der Waals surface area contributed by atoms with Crippen LogP contribution in [0.5, 0.6) is 0 Å². The molecule has 0 amide bonds. The minimum Gasteiger partial charge on any atom is -0.458 e. The van der Waals surface area contributed by atoms with Crippen LogP contribution in [0.4, 0.5) is 0 Å². The standard InChI is InChI=1S/C16H22ClNO2/c1-5-19-15(16(2,3)4)13(18)12-9-10-7-6-8-11(17)14(10)20-12/h6-9,13,15H,5,18H2,1-4H3. The van der Waals surface area contributed by atoms with Crippen molar-refractivity contribution < 1.29 is 9.15 Å². The fourth-order valence-electron chi connectivity index (χ4n) is 2.43. The molecule has 2 atom stereocenters. The van der Waals surface area contributed by atoms with Crippen molar-refractivity contribution in [3.8, 4) is 0 Å². The van der Waals surface area contributed by atoms with Gasteiger partial charge in [-0.05, 0) is 24.5 Å². The number of ether oxygens (including phenoxy) is 1. The normalized spacial score (nSPS) is 15.5. The number of hydrogen-bond acceptors (Lipinski definition) is 3. The molecule has 110 valence electrons. The van der Waals surface area contributed by atoms with Gasteiger partial charge in [-0.25, -0.2) is 0 Å². The quantitative estimate of drug-likeness (QED) is 0.901. The Bertz CT molecular complexity index is 586. The first-order valence-corrected chi connectivity index (χ1v) is 7.27. The molecular formula is C16H22ClNO2. The van der Waals surface area contributed by atoms with Crippen molar-refractivity contribution in [3.05, 3.63) is 35.0 Å². The molecular weight excluding hydrogens is 274 g/mol. The van der Waals surface area contributed by atoms with Gasteiger partial charge in [-0.15, -0.1) is 0 Å². The second-order valence-electron chi connectivity index (χ2n) is 6.07. The number of para-hydroxylation sites is 1. The second-order valence-corrected chi connectivity index (χ2v) is 6.48. The molecule has 1 aromatic carbocycles. The van der Waals surface area contributed by atoms with Gasteiger partial charge in [-0.2, -0.15) is 0 Å². The van der Waals surface area contributed by atoms with Gasteiger partial charge in [0.2, 0.25) is 0 Å². The molecule has 2 N–H and O–H groups in total. The number of hydrogen-bond donors (Lipinski definition) is 1. The maximum atomic E-state index is 6.36. The third kappa shape index (κ3) is 3.00. The van der Waals surface area contributed by atoms with Crippen LogP contribution in [0.3, 0.4) is 0 Å². The van der Waals surface area contributed by atoms with Gasteiger partial charge < -0.3 is 14.9 Å². The molecule has 0 aliphatic heterocycles. The van der Waals surface area contributed by atoms with Crippen LogP contribution in [0, 0.1) is 5.41 Å². The zero-order valence-corrected chi connectivity index (χ0v) is 13.2. The van der Waals surface area contributed by atoms with E-state index in [4.69, 9.17) is 26.5 Å². The largest absolute Gasteiger partial charge is 0.458 e. The van der Waals surface area contributed by atoms with E-state index in [0.717, 1.165) is 5.39 Å². The van der Waals surface area contributed by atoms with Gasteiger partial charge in [-0.1, -0.05) is 44.5 Å². The van der Waals surface area contributed by atoms with Gasteiger partial charge in [0, 0.05) is 12.0 Å². The van der Waals surface area contributed by atoms with E-state index < -0.39 is 0 Å². The molecule has 0 fully saturated rings. The fraction of sp³-hybridized carbons (Fsp3) is 0.500. The first-order chi connectivity index (χ1) is 9.34. The van der Waals surface area contributed by atoms with Gasteiger partial charge in [-0.3, -0.25) is 0 Å². The average molecular weight is 296 g/mol. The Labute approximate surface area is 125 Å². The minimum atomic E-state index is -0.321. The van der Waals surface area contributed by atoms with Crippen LogP contribution in [0.25, 0.3) is 11.0 Å². The van der Waals surface area contributed by atoms with Gasteiger partial charge in [0.15, 0.2) is 5.58 Å². The maximum Gasteiger partial charge on any atom is 0.152 e. The zero-order chi connectivity index (χ0) is 14.9. The van der Waals surface area contributed by atoms with Crippen molar-refractivity contribution in [1.82, 2.24) is 0 Å². The van der Waals surface area contributed by atoms with Crippen molar-refractivity contribution in [3.63, 3.8) is 0 Å². The Morgan fingerprint density at radius 3 is 2.60 bits per heavy atom. The molecule has 2 aromatic rings. The molecule has 0 aliphatic carbocycles. The molecule has 0 bridgehead atoms. The zero-order valence-electron chi connectivity index (χ0n) is 12.4. The summed E-state index contributed by atoms with van der Waals surface area (Å²) in [5.41, 5.74) is 6.98. The summed E-state index contributed by atoms with van der Waals surface area (Å²) in [6.45, 7) is 8.94. The van der Waals surface area contributed by atoms with Crippen LogP contribution in [0.15, 0.2) is 28.7 Å². The van der Waals surface area contributed by atoms with Crippen molar-refractivity contribution in [1.29, 1.82) is 0 Å². The summed E-state index contributed by atoms with van der Waals surface area (Å²) in [5.74, 6) is 0.710. The van der Waals surface area contributed by atoms with E-state index in [1.165, 1.54) is 0 Å². The Hall–Kier alpha value is -1.03. The molecule has 2 unspecified atom stereocenters. The smallest absolute Gasteiger partial charge is 0.152 e. The summed E-state index contributed by atoms with van der Waals surface area (Å²) in [7, 11) is 0. The van der Waals surface area contributed by atoms with Gasteiger partial charge in [0.1, 0.15) is 5.76 Å². The number of furan rings is 1. The average Bonchev–Trinajstić information content (AvgIpc) is 2.79. The van der Waals surface area contributed by atoms with Crippen molar-refractivity contribution in [2.45, 2.75) is 39.8 Å². The van der Waals surface area contributed by atoms with E-state index in [1.54, 1.807) is 0 Å². The van der Waals surface area contributed by atoms with Crippen LogP contribution in [-0.2, 0) is 4.74 Å². The molecule has 0 spiro atoms. The molecule has 0 aliphatic rings. The van der Waals surface area contributed by atoms with E-state index in [2.05, 4.69) is 20.8 Å². The van der Waals surface area contributed by atoms with Crippen LogP contribution < -0.4 is 5.73 Å². The van der Waals surface area contributed by atoms with E-state index >= 15 is 0 Å². The first kappa shape index (κ1) is 15.4. The number of nitrogens with two attached hydrogens (primary N) is 1. The SMILES string of the molecule is CCOC(C(N)c1cc2cccc(Cl)c2o1)C(C)(C)C. The van der Waals surface area contributed by atoms with E-state index in [1.807, 2.05) is 31.2 Å². The predicted molar refractivity (Wildman–Crippen MR) is 83.0 cm³/mol. The lowest BCUT2D eigenvalue weighted by Crippen LogP contribution is -2.39. The summed E-state index contributed by atoms with van der Waals surface area (Å²) in [6, 6.07) is 7.31. The van der Waals surface area contributed by atoms with E-state index in [-0.39, 0.29) is 17.6 Å². The Kier molecular flexibility index (Phi) is 4.43. The molecule has 3 nitrogen and oxygen atoms in total. The monoisotopic (exact) mass is 295 g/mol. The van der Waals surface area contributed by atoms with Gasteiger partial charge in [0.25, 0.3) is 0 Å². The second kappa shape index (κ2) is 5.76. The van der Waals surface area contributed by atoms with E-state index in [9.17, 15) is 0 Å². The topological polar surface area (TPSA) is 48.4 Å². The predicted octanol–water partition coefficient (Wildman–Crippen LogP) is 4.54. The number of rotatable bonds is 4. The van der Waals surface area contributed by atoms with Gasteiger partial charge in [0.05, 0.1) is 17.2 Å². The van der Waals surface area contributed by atoms with Crippen molar-refractivity contribution >= 4 is 22.6 Å². The lowest BCUT2D eigenvalue weighted by molar-refractivity contribution is -0.0319. The summed E-state index contributed by atoms with van der Waals surface area (Å²) in [6.07, 6.45) is -0.119. The summed E-state index contributed by atoms with van der Waals surface area (Å²) in [5, 5.41) is 1.57. The van der Waals surface area contributed by atoms with Crippen LogP contribution in [-0.4, -0.2) is 12.7 Å². The molecule has 1 aromatic heterocycles. The molecule has 1 heterocycles. The van der Waals surface area contributed by atoms with Crippen LogP contribution >= 0.6 is 11.6 Å². The number of fused-ring (bicyclic) bond motifs is 1. The highest BCUT2D eigenvalue weighted by molar-refractivity contribution is 6.34. The highest BCUT2D eigenvalue weighted by atomic mass is 35.5. The number of halogens is 1. The summed E-state index contributed by atoms with van der Waals surface area (Å²) in [4.78, 5) is 0. The third-order valence-electron chi connectivity index (χ3n) is 3.37. The Morgan fingerprint density at radius 1 is 1.35 bits per heavy atom. The van der Waals surface area contributed by atoms with Gasteiger partial charge >= 0.3 is 0 Å². The fourth-order valence-corrected chi connectivity index (χ4v) is 2.65. The highest BCUT2D eigenvalue weighted by Gasteiger charge is 2.33. The first-order valence-electron chi connectivity index (χ1n) is 6.89. The maximum absolute atomic E-state index is 6.36. The molecule has 0 saturated carbocycles.